The van der Waals surface area contributed by atoms with Crippen LogP contribution in [0, 0.1) is 13.8 Å². The van der Waals surface area contributed by atoms with Crippen LogP contribution in [0.15, 0.2) is 35.3 Å². The summed E-state index contributed by atoms with van der Waals surface area (Å²) >= 11 is 0. The molecule has 0 saturated carbocycles. The summed E-state index contributed by atoms with van der Waals surface area (Å²) in [5, 5.41) is 11.2. The molecule has 2 N–H and O–H groups in total. The number of para-hydroxylation sites is 1. The van der Waals surface area contributed by atoms with Gasteiger partial charge in [-0.05, 0) is 39.3 Å². The number of guanidine groups is 1. The smallest absolute Gasteiger partial charge is 0.191 e. The van der Waals surface area contributed by atoms with Gasteiger partial charge in [0.1, 0.15) is 0 Å². The molecule has 0 amide bonds. The van der Waals surface area contributed by atoms with Gasteiger partial charge in [-0.25, -0.2) is 0 Å². The van der Waals surface area contributed by atoms with Crippen LogP contribution in [0.4, 0.5) is 5.69 Å². The molecule has 2 aromatic rings. The van der Waals surface area contributed by atoms with Crippen LogP contribution in [0.3, 0.4) is 0 Å². The summed E-state index contributed by atoms with van der Waals surface area (Å²) in [7, 11) is 3.78. The first-order valence-electron chi connectivity index (χ1n) is 9.30. The SMILES string of the molecule is CCN(CCCNC(=NC)NCc1c(C)nn(C)c1C)c1ccccc1.I. The second-order valence-electron chi connectivity index (χ2n) is 6.39. The highest BCUT2D eigenvalue weighted by molar-refractivity contribution is 14.0. The van der Waals surface area contributed by atoms with Crippen LogP contribution in [0.1, 0.15) is 30.3 Å². The second-order valence-corrected chi connectivity index (χ2v) is 6.39. The van der Waals surface area contributed by atoms with Crippen LogP contribution in [-0.2, 0) is 13.6 Å². The van der Waals surface area contributed by atoms with Gasteiger partial charge < -0.3 is 15.5 Å². The second kappa shape index (κ2) is 11.8. The molecule has 7 heteroatoms. The van der Waals surface area contributed by atoms with Gasteiger partial charge in [-0.3, -0.25) is 9.67 Å². The van der Waals surface area contributed by atoms with E-state index in [1.165, 1.54) is 16.9 Å². The van der Waals surface area contributed by atoms with E-state index in [1.54, 1.807) is 7.05 Å². The molecule has 0 unspecified atom stereocenters. The molecule has 0 radical (unpaired) electrons. The fraction of sp³-hybridized carbons (Fsp3) is 0.500. The number of nitrogens with one attached hydrogen (secondary N) is 2. The van der Waals surface area contributed by atoms with Crippen molar-refractivity contribution in [2.75, 3.05) is 31.6 Å². The Labute approximate surface area is 180 Å². The molecule has 27 heavy (non-hydrogen) atoms. The lowest BCUT2D eigenvalue weighted by Gasteiger charge is -2.23. The molecule has 0 fully saturated rings. The fourth-order valence-corrected chi connectivity index (χ4v) is 3.05. The Hall–Kier alpha value is -1.77. The average Bonchev–Trinajstić information content (AvgIpc) is 2.90. The minimum Gasteiger partial charge on any atom is -0.372 e. The molecule has 0 saturated heterocycles. The van der Waals surface area contributed by atoms with Gasteiger partial charge in [0.25, 0.3) is 0 Å². The first kappa shape index (κ1) is 23.3. The molecule has 0 aliphatic rings. The Morgan fingerprint density at radius 3 is 2.44 bits per heavy atom. The number of aryl methyl sites for hydroxylation is 2. The van der Waals surface area contributed by atoms with Gasteiger partial charge in [0.15, 0.2) is 5.96 Å². The van der Waals surface area contributed by atoms with Crippen LogP contribution in [0.2, 0.25) is 0 Å². The van der Waals surface area contributed by atoms with E-state index < -0.39 is 0 Å². The number of hydrogen-bond donors (Lipinski definition) is 2. The predicted molar refractivity (Wildman–Crippen MR) is 125 cm³/mol. The van der Waals surface area contributed by atoms with Gasteiger partial charge in [-0.15, -0.1) is 24.0 Å². The summed E-state index contributed by atoms with van der Waals surface area (Å²) in [5.74, 6) is 0.829. The molecule has 2 rings (SSSR count). The van der Waals surface area contributed by atoms with Crippen molar-refractivity contribution in [3.8, 4) is 0 Å². The first-order valence-corrected chi connectivity index (χ1v) is 9.30. The third-order valence-corrected chi connectivity index (χ3v) is 4.72. The molecule has 6 nitrogen and oxygen atoms in total. The zero-order valence-electron chi connectivity index (χ0n) is 17.1. The monoisotopic (exact) mass is 484 g/mol. The summed E-state index contributed by atoms with van der Waals surface area (Å²) in [6.07, 6.45) is 1.05. The van der Waals surface area contributed by atoms with Crippen LogP contribution in [0.25, 0.3) is 0 Å². The number of rotatable bonds is 8. The van der Waals surface area contributed by atoms with E-state index in [1.807, 2.05) is 18.7 Å². The molecule has 0 bridgehead atoms. The standard InChI is InChI=1S/C20H32N6.HI/c1-6-26(18-11-8-7-9-12-18)14-10-13-22-20(21-4)23-15-19-16(2)24-25(5)17(19)3;/h7-9,11-12H,6,10,13-15H2,1-5H3,(H2,21,22,23);1H. The van der Waals surface area contributed by atoms with Crippen molar-refractivity contribution in [2.24, 2.45) is 12.0 Å². The number of nitrogens with zero attached hydrogens (tertiary/aromatic N) is 4. The number of aromatic nitrogens is 2. The lowest BCUT2D eigenvalue weighted by Crippen LogP contribution is -2.38. The summed E-state index contributed by atoms with van der Waals surface area (Å²) in [6, 6.07) is 10.6. The molecule has 150 valence electrons. The zero-order chi connectivity index (χ0) is 18.9. The summed E-state index contributed by atoms with van der Waals surface area (Å²) < 4.78 is 1.92. The predicted octanol–water partition coefficient (Wildman–Crippen LogP) is 3.24. The first-order chi connectivity index (χ1) is 12.6. The highest BCUT2D eigenvalue weighted by Crippen LogP contribution is 2.13. The van der Waals surface area contributed by atoms with Crippen molar-refractivity contribution < 1.29 is 0 Å². The maximum Gasteiger partial charge on any atom is 0.191 e. The summed E-state index contributed by atoms with van der Waals surface area (Å²) in [4.78, 5) is 6.71. The van der Waals surface area contributed by atoms with E-state index >= 15 is 0 Å². The molecule has 1 aromatic heterocycles. The van der Waals surface area contributed by atoms with Crippen molar-refractivity contribution in [1.29, 1.82) is 0 Å². The van der Waals surface area contributed by atoms with E-state index in [9.17, 15) is 0 Å². The Kier molecular flexibility index (Phi) is 10.2. The highest BCUT2D eigenvalue weighted by Gasteiger charge is 2.09. The molecule has 1 heterocycles. The van der Waals surface area contributed by atoms with Crippen LogP contribution < -0.4 is 15.5 Å². The van der Waals surface area contributed by atoms with Crippen LogP contribution in [0.5, 0.6) is 0 Å². The number of halogens is 1. The summed E-state index contributed by atoms with van der Waals surface area (Å²) in [5.41, 5.74) is 4.76. The van der Waals surface area contributed by atoms with Gasteiger partial charge in [-0.1, -0.05) is 18.2 Å². The molecule has 0 spiro atoms. The number of anilines is 1. The molecule has 1 aromatic carbocycles. The lowest BCUT2D eigenvalue weighted by atomic mass is 10.2. The minimum absolute atomic E-state index is 0. The number of benzene rings is 1. The normalized spacial score (nSPS) is 11.1. The van der Waals surface area contributed by atoms with Crippen LogP contribution in [-0.4, -0.2) is 42.4 Å². The van der Waals surface area contributed by atoms with Crippen molar-refractivity contribution >= 4 is 35.6 Å². The van der Waals surface area contributed by atoms with E-state index in [-0.39, 0.29) is 24.0 Å². The third kappa shape index (κ3) is 6.71. The van der Waals surface area contributed by atoms with Crippen molar-refractivity contribution in [2.45, 2.75) is 33.7 Å². The summed E-state index contributed by atoms with van der Waals surface area (Å²) in [6.45, 7) is 9.98. The van der Waals surface area contributed by atoms with E-state index in [0.29, 0.717) is 0 Å². The topological polar surface area (TPSA) is 57.5 Å². The van der Waals surface area contributed by atoms with E-state index in [2.05, 4.69) is 69.8 Å². The van der Waals surface area contributed by atoms with Gasteiger partial charge in [0.2, 0.25) is 0 Å². The number of hydrogen-bond acceptors (Lipinski definition) is 3. The minimum atomic E-state index is 0. The Bertz CT molecular complexity index is 711. The zero-order valence-corrected chi connectivity index (χ0v) is 19.4. The maximum absolute atomic E-state index is 4.46. The fourth-order valence-electron chi connectivity index (χ4n) is 3.05. The number of aliphatic imine (C=N–C) groups is 1. The quantitative estimate of drug-likeness (QED) is 0.262. The average molecular weight is 484 g/mol. The van der Waals surface area contributed by atoms with Gasteiger partial charge >= 0.3 is 0 Å². The van der Waals surface area contributed by atoms with Crippen molar-refractivity contribution in [3.63, 3.8) is 0 Å². The largest absolute Gasteiger partial charge is 0.372 e. The van der Waals surface area contributed by atoms with E-state index in [0.717, 1.165) is 44.3 Å². The van der Waals surface area contributed by atoms with Crippen molar-refractivity contribution in [1.82, 2.24) is 20.4 Å². The van der Waals surface area contributed by atoms with Crippen molar-refractivity contribution in [3.05, 3.63) is 47.3 Å². The third-order valence-electron chi connectivity index (χ3n) is 4.72. The highest BCUT2D eigenvalue weighted by atomic mass is 127. The van der Waals surface area contributed by atoms with E-state index in [4.69, 9.17) is 0 Å². The Balaban J connectivity index is 0.00000364. The lowest BCUT2D eigenvalue weighted by molar-refractivity contribution is 0.707. The maximum atomic E-state index is 4.46. The molecular weight excluding hydrogens is 451 g/mol. The molecule has 0 aliphatic heterocycles. The van der Waals surface area contributed by atoms with Gasteiger partial charge in [-0.2, -0.15) is 5.10 Å². The molecule has 0 aliphatic carbocycles. The Morgan fingerprint density at radius 2 is 1.89 bits per heavy atom. The van der Waals surface area contributed by atoms with Gasteiger partial charge in [0, 0.05) is 57.2 Å². The van der Waals surface area contributed by atoms with Gasteiger partial charge in [0.05, 0.1) is 5.69 Å². The molecule has 0 atom stereocenters. The Morgan fingerprint density at radius 1 is 1.19 bits per heavy atom. The molecular formula is C20H33IN6. The van der Waals surface area contributed by atoms with Crippen LogP contribution >= 0.6 is 24.0 Å².